The normalized spacial score (nSPS) is 11.6. The van der Waals surface area contributed by atoms with Crippen LogP contribution < -0.4 is 0 Å². The van der Waals surface area contributed by atoms with Crippen molar-refractivity contribution in [2.75, 3.05) is 0 Å². The van der Waals surface area contributed by atoms with Crippen molar-refractivity contribution in [1.29, 1.82) is 0 Å². The third-order valence-corrected chi connectivity index (χ3v) is 6.96. The highest BCUT2D eigenvalue weighted by molar-refractivity contribution is 14.1. The largest absolute Gasteiger partial charge is 0.135 e. The molecule has 0 atom stereocenters. The fourth-order valence-electron chi connectivity index (χ4n) is 3.49. The quantitative estimate of drug-likeness (QED) is 0.217. The Hall–Kier alpha value is -1.62. The summed E-state index contributed by atoms with van der Waals surface area (Å²) in [5.74, 6) is 0. The molecular formula is C22H12ClIS. The van der Waals surface area contributed by atoms with Crippen molar-refractivity contribution >= 4 is 76.5 Å². The van der Waals surface area contributed by atoms with Gasteiger partial charge in [-0.25, -0.2) is 0 Å². The summed E-state index contributed by atoms with van der Waals surface area (Å²) in [5, 5.41) is 5.83. The number of thiophene rings is 1. The van der Waals surface area contributed by atoms with Gasteiger partial charge < -0.3 is 0 Å². The summed E-state index contributed by atoms with van der Waals surface area (Å²) in [6, 6.07) is 25.9. The monoisotopic (exact) mass is 470 g/mol. The number of hydrogen-bond donors (Lipinski definition) is 0. The smallest absolute Gasteiger partial charge is 0.0499 e. The predicted octanol–water partition coefficient (Wildman–Crippen LogP) is 8.13. The molecule has 0 N–H and O–H groups in total. The first-order chi connectivity index (χ1) is 12.2. The number of benzene rings is 4. The number of halogens is 2. The molecule has 5 aromatic rings. The average Bonchev–Trinajstić information content (AvgIpc) is 3.00. The van der Waals surface area contributed by atoms with Gasteiger partial charge in [0, 0.05) is 34.2 Å². The summed E-state index contributed by atoms with van der Waals surface area (Å²) in [7, 11) is 0. The lowest BCUT2D eigenvalue weighted by atomic mass is 9.97. The van der Waals surface area contributed by atoms with E-state index in [1.165, 1.54) is 45.6 Å². The van der Waals surface area contributed by atoms with E-state index in [-0.39, 0.29) is 0 Å². The fourth-order valence-corrected chi connectivity index (χ4v) is 5.74. The van der Waals surface area contributed by atoms with E-state index in [2.05, 4.69) is 83.3 Å². The first-order valence-electron chi connectivity index (χ1n) is 8.01. The number of hydrogen-bond acceptors (Lipinski definition) is 1. The summed E-state index contributed by atoms with van der Waals surface area (Å²) in [4.78, 5) is 0. The van der Waals surface area contributed by atoms with Crippen molar-refractivity contribution < 1.29 is 0 Å². The van der Waals surface area contributed by atoms with Crippen LogP contribution >= 0.6 is 45.5 Å². The first-order valence-corrected chi connectivity index (χ1v) is 10.3. The zero-order valence-corrected chi connectivity index (χ0v) is 16.8. The maximum absolute atomic E-state index is 6.50. The van der Waals surface area contributed by atoms with Crippen molar-refractivity contribution in [3.05, 3.63) is 81.4 Å². The molecule has 4 aromatic carbocycles. The summed E-state index contributed by atoms with van der Waals surface area (Å²) >= 11 is 10.7. The molecule has 1 aromatic heterocycles. The van der Waals surface area contributed by atoms with Gasteiger partial charge in [-0.2, -0.15) is 0 Å². The highest BCUT2D eigenvalue weighted by Crippen LogP contribution is 2.41. The Morgan fingerprint density at radius 3 is 2.44 bits per heavy atom. The molecule has 0 radical (unpaired) electrons. The minimum Gasteiger partial charge on any atom is -0.135 e. The molecule has 0 unspecified atom stereocenters. The summed E-state index contributed by atoms with van der Waals surface area (Å²) in [5.41, 5.74) is 2.51. The molecule has 0 saturated carbocycles. The van der Waals surface area contributed by atoms with E-state index in [0.717, 1.165) is 5.02 Å². The minimum atomic E-state index is 0.827. The van der Waals surface area contributed by atoms with E-state index in [0.29, 0.717) is 0 Å². The Morgan fingerprint density at radius 1 is 0.760 bits per heavy atom. The lowest BCUT2D eigenvalue weighted by Crippen LogP contribution is -1.84. The van der Waals surface area contributed by atoms with Crippen LogP contribution in [0.1, 0.15) is 0 Å². The highest BCUT2D eigenvalue weighted by atomic mass is 127. The second-order valence-electron chi connectivity index (χ2n) is 6.07. The van der Waals surface area contributed by atoms with Crippen LogP contribution in [0.4, 0.5) is 0 Å². The van der Waals surface area contributed by atoms with Crippen LogP contribution in [0, 0.1) is 3.57 Å². The summed E-state index contributed by atoms with van der Waals surface area (Å²) in [6.07, 6.45) is 0. The van der Waals surface area contributed by atoms with Gasteiger partial charge in [-0.15, -0.1) is 11.3 Å². The van der Waals surface area contributed by atoms with Crippen LogP contribution in [0.3, 0.4) is 0 Å². The summed E-state index contributed by atoms with van der Waals surface area (Å²) < 4.78 is 3.80. The topological polar surface area (TPSA) is 0 Å². The zero-order valence-electron chi connectivity index (χ0n) is 13.1. The molecule has 0 spiro atoms. The van der Waals surface area contributed by atoms with E-state index >= 15 is 0 Å². The molecule has 0 aliphatic heterocycles. The molecule has 120 valence electrons. The average molecular weight is 471 g/mol. The van der Waals surface area contributed by atoms with E-state index in [4.69, 9.17) is 11.6 Å². The molecule has 0 aliphatic carbocycles. The SMILES string of the molecule is Clc1cccc2sc3ccc(-c4cccc5cccc(I)c45)cc3c12. The Kier molecular flexibility index (Phi) is 3.73. The van der Waals surface area contributed by atoms with Gasteiger partial charge in [-0.05, 0) is 69.4 Å². The van der Waals surface area contributed by atoms with Crippen LogP contribution in [0.5, 0.6) is 0 Å². The Balaban J connectivity index is 1.87. The molecular weight excluding hydrogens is 459 g/mol. The van der Waals surface area contributed by atoms with Crippen molar-refractivity contribution in [1.82, 2.24) is 0 Å². The molecule has 0 aliphatic rings. The fraction of sp³-hybridized carbons (Fsp3) is 0. The molecule has 0 nitrogen and oxygen atoms in total. The maximum atomic E-state index is 6.50. The van der Waals surface area contributed by atoms with Crippen LogP contribution in [-0.4, -0.2) is 0 Å². The van der Waals surface area contributed by atoms with Gasteiger partial charge >= 0.3 is 0 Å². The highest BCUT2D eigenvalue weighted by Gasteiger charge is 2.11. The Bertz CT molecular complexity index is 1260. The second kappa shape index (κ2) is 5.97. The third kappa shape index (κ3) is 2.47. The number of fused-ring (bicyclic) bond motifs is 4. The maximum Gasteiger partial charge on any atom is 0.0499 e. The molecule has 3 heteroatoms. The Labute approximate surface area is 168 Å². The lowest BCUT2D eigenvalue weighted by Gasteiger charge is -2.09. The van der Waals surface area contributed by atoms with E-state index in [1.54, 1.807) is 11.3 Å². The molecule has 0 bridgehead atoms. The van der Waals surface area contributed by atoms with Crippen LogP contribution in [0.15, 0.2) is 72.8 Å². The first kappa shape index (κ1) is 15.6. The van der Waals surface area contributed by atoms with Crippen molar-refractivity contribution in [3.8, 4) is 11.1 Å². The van der Waals surface area contributed by atoms with E-state index < -0.39 is 0 Å². The Morgan fingerprint density at radius 2 is 1.56 bits per heavy atom. The molecule has 1 heterocycles. The molecule has 0 amide bonds. The third-order valence-electron chi connectivity index (χ3n) is 4.61. The van der Waals surface area contributed by atoms with Crippen LogP contribution in [0.2, 0.25) is 5.02 Å². The lowest BCUT2D eigenvalue weighted by molar-refractivity contribution is 1.67. The molecule has 5 rings (SSSR count). The summed E-state index contributed by atoms with van der Waals surface area (Å²) in [6.45, 7) is 0. The van der Waals surface area contributed by atoms with E-state index in [1.807, 2.05) is 12.1 Å². The van der Waals surface area contributed by atoms with Crippen molar-refractivity contribution in [2.45, 2.75) is 0 Å². The van der Waals surface area contributed by atoms with Gasteiger partial charge in [0.15, 0.2) is 0 Å². The van der Waals surface area contributed by atoms with Gasteiger partial charge in [0.2, 0.25) is 0 Å². The van der Waals surface area contributed by atoms with Crippen molar-refractivity contribution in [3.63, 3.8) is 0 Å². The van der Waals surface area contributed by atoms with Gasteiger partial charge in [0.1, 0.15) is 0 Å². The van der Waals surface area contributed by atoms with Crippen molar-refractivity contribution in [2.24, 2.45) is 0 Å². The zero-order chi connectivity index (χ0) is 17.0. The molecule has 25 heavy (non-hydrogen) atoms. The molecule has 0 fully saturated rings. The van der Waals surface area contributed by atoms with E-state index in [9.17, 15) is 0 Å². The predicted molar refractivity (Wildman–Crippen MR) is 120 cm³/mol. The van der Waals surface area contributed by atoms with Crippen LogP contribution in [0.25, 0.3) is 42.1 Å². The van der Waals surface area contributed by atoms with Gasteiger partial charge in [0.25, 0.3) is 0 Å². The standard InChI is InChI=1S/C22H12ClIS/c23-17-7-3-9-20-22(17)16-12-14(10-11-19(16)25-20)15-6-1-4-13-5-2-8-18(24)21(13)15/h1-12H. The van der Waals surface area contributed by atoms with Gasteiger partial charge in [-0.3, -0.25) is 0 Å². The second-order valence-corrected chi connectivity index (χ2v) is 8.72. The number of rotatable bonds is 1. The van der Waals surface area contributed by atoms with Gasteiger partial charge in [-0.1, -0.05) is 54.1 Å². The van der Waals surface area contributed by atoms with Crippen LogP contribution in [-0.2, 0) is 0 Å². The van der Waals surface area contributed by atoms with Gasteiger partial charge in [0.05, 0.1) is 0 Å². The molecule has 0 saturated heterocycles. The minimum absolute atomic E-state index is 0.827.